The molecule has 0 atom stereocenters. The number of carbonyl (C=O) groups excluding carboxylic acids is 1. The number of anilines is 1. The number of halogens is 1. The third-order valence-corrected chi connectivity index (χ3v) is 5.06. The molecule has 1 aliphatic rings. The number of nitrogens with one attached hydrogen (secondary N) is 1. The number of piperazine rings is 1. The summed E-state index contributed by atoms with van der Waals surface area (Å²) in [7, 11) is 1.58. The van der Waals surface area contributed by atoms with Gasteiger partial charge in [-0.3, -0.25) is 9.69 Å². The monoisotopic (exact) mass is 387 g/mol. The van der Waals surface area contributed by atoms with Gasteiger partial charge in [0.2, 0.25) is 5.91 Å². The maximum absolute atomic E-state index is 12.4. The van der Waals surface area contributed by atoms with Crippen LogP contribution < -0.4 is 10.1 Å². The van der Waals surface area contributed by atoms with Crippen molar-refractivity contribution in [3.8, 4) is 5.75 Å². The van der Waals surface area contributed by atoms with Crippen LogP contribution in [0.5, 0.6) is 5.75 Å². The Morgan fingerprint density at radius 3 is 2.48 bits per heavy atom. The molecule has 5 nitrogen and oxygen atoms in total. The zero-order valence-corrected chi connectivity index (χ0v) is 16.4. The number of methoxy groups -OCH3 is 1. The summed E-state index contributed by atoms with van der Waals surface area (Å²) >= 11 is 6.02. The van der Waals surface area contributed by atoms with Crippen LogP contribution in [0.3, 0.4) is 0 Å². The summed E-state index contributed by atoms with van der Waals surface area (Å²) in [4.78, 5) is 17.0. The summed E-state index contributed by atoms with van der Waals surface area (Å²) in [6.45, 7) is 5.21. The van der Waals surface area contributed by atoms with Crippen molar-refractivity contribution in [2.75, 3.05) is 51.7 Å². The van der Waals surface area contributed by atoms with E-state index in [0.717, 1.165) is 39.1 Å². The maximum Gasteiger partial charge on any atom is 0.238 e. The fourth-order valence-corrected chi connectivity index (χ4v) is 3.45. The van der Waals surface area contributed by atoms with Crippen molar-refractivity contribution in [1.29, 1.82) is 0 Å². The van der Waals surface area contributed by atoms with Crippen molar-refractivity contribution in [3.63, 3.8) is 0 Å². The highest BCUT2D eigenvalue weighted by atomic mass is 35.5. The second-order valence-electron chi connectivity index (χ2n) is 6.75. The van der Waals surface area contributed by atoms with Gasteiger partial charge in [-0.1, -0.05) is 41.9 Å². The van der Waals surface area contributed by atoms with Gasteiger partial charge in [-0.2, -0.15) is 0 Å². The van der Waals surface area contributed by atoms with Crippen molar-refractivity contribution >= 4 is 23.2 Å². The van der Waals surface area contributed by atoms with Gasteiger partial charge in [0.25, 0.3) is 0 Å². The van der Waals surface area contributed by atoms with Crippen LogP contribution in [0.2, 0.25) is 5.02 Å². The second-order valence-corrected chi connectivity index (χ2v) is 7.18. The normalized spacial score (nSPS) is 15.5. The van der Waals surface area contributed by atoms with Crippen LogP contribution in [0.1, 0.15) is 5.56 Å². The first-order valence-electron chi connectivity index (χ1n) is 9.26. The summed E-state index contributed by atoms with van der Waals surface area (Å²) in [5, 5.41) is 3.47. The highest BCUT2D eigenvalue weighted by molar-refractivity contribution is 6.31. The fourth-order valence-electron chi connectivity index (χ4n) is 3.27. The lowest BCUT2D eigenvalue weighted by molar-refractivity contribution is -0.117. The van der Waals surface area contributed by atoms with Gasteiger partial charge in [0.1, 0.15) is 5.75 Å². The lowest BCUT2D eigenvalue weighted by atomic mass is 10.1. The minimum absolute atomic E-state index is 0.0479. The predicted molar refractivity (Wildman–Crippen MR) is 110 cm³/mol. The van der Waals surface area contributed by atoms with Crippen LogP contribution in [-0.4, -0.2) is 62.1 Å². The number of nitrogens with zero attached hydrogens (tertiary/aromatic N) is 2. The zero-order valence-electron chi connectivity index (χ0n) is 15.7. The number of carbonyl (C=O) groups is 1. The Bertz CT molecular complexity index is 746. The summed E-state index contributed by atoms with van der Waals surface area (Å²) in [5.74, 6) is 0.562. The first-order valence-corrected chi connectivity index (χ1v) is 9.64. The average molecular weight is 388 g/mol. The molecule has 144 valence electrons. The Hall–Kier alpha value is -2.08. The molecule has 1 heterocycles. The molecule has 0 aliphatic carbocycles. The third kappa shape index (κ3) is 5.96. The Morgan fingerprint density at radius 2 is 1.78 bits per heavy atom. The van der Waals surface area contributed by atoms with E-state index in [4.69, 9.17) is 16.3 Å². The van der Waals surface area contributed by atoms with E-state index < -0.39 is 0 Å². The van der Waals surface area contributed by atoms with Gasteiger partial charge in [-0.05, 0) is 30.2 Å². The molecule has 0 unspecified atom stereocenters. The van der Waals surface area contributed by atoms with E-state index in [1.807, 2.05) is 6.07 Å². The molecule has 1 fully saturated rings. The molecule has 0 spiro atoms. The van der Waals surface area contributed by atoms with Crippen LogP contribution >= 0.6 is 11.6 Å². The number of hydrogen-bond donors (Lipinski definition) is 1. The molecule has 0 bridgehead atoms. The Kier molecular flexibility index (Phi) is 7.10. The lowest BCUT2D eigenvalue weighted by Crippen LogP contribution is -2.49. The van der Waals surface area contributed by atoms with Gasteiger partial charge in [-0.15, -0.1) is 0 Å². The quantitative estimate of drug-likeness (QED) is 0.792. The van der Waals surface area contributed by atoms with Crippen LogP contribution in [0.15, 0.2) is 48.5 Å². The summed E-state index contributed by atoms with van der Waals surface area (Å²) in [5.41, 5.74) is 1.98. The molecule has 2 aromatic carbocycles. The lowest BCUT2D eigenvalue weighted by Gasteiger charge is -2.34. The number of ether oxygens (including phenoxy) is 1. The Morgan fingerprint density at radius 1 is 1.07 bits per heavy atom. The topological polar surface area (TPSA) is 44.8 Å². The molecular weight excluding hydrogens is 362 g/mol. The van der Waals surface area contributed by atoms with Crippen LogP contribution in [-0.2, 0) is 11.2 Å². The van der Waals surface area contributed by atoms with Crippen molar-refractivity contribution < 1.29 is 9.53 Å². The van der Waals surface area contributed by atoms with Crippen molar-refractivity contribution in [2.45, 2.75) is 6.42 Å². The predicted octanol–water partition coefficient (Wildman–Crippen LogP) is 3.15. The smallest absolute Gasteiger partial charge is 0.238 e. The molecule has 0 radical (unpaired) electrons. The van der Waals surface area contributed by atoms with E-state index >= 15 is 0 Å². The van der Waals surface area contributed by atoms with Crippen LogP contribution in [0.25, 0.3) is 0 Å². The number of rotatable bonds is 7. The van der Waals surface area contributed by atoms with E-state index in [0.29, 0.717) is 23.0 Å². The molecule has 1 aliphatic heterocycles. The summed E-state index contributed by atoms with van der Waals surface area (Å²) in [6, 6.07) is 15.8. The first kappa shape index (κ1) is 19.7. The van der Waals surface area contributed by atoms with E-state index in [9.17, 15) is 4.79 Å². The molecular formula is C21H26ClN3O2. The van der Waals surface area contributed by atoms with Gasteiger partial charge >= 0.3 is 0 Å². The number of hydrogen-bond acceptors (Lipinski definition) is 4. The summed E-state index contributed by atoms with van der Waals surface area (Å²) < 4.78 is 5.27. The zero-order chi connectivity index (χ0) is 19.1. The molecule has 0 saturated carbocycles. The highest BCUT2D eigenvalue weighted by Gasteiger charge is 2.19. The van der Waals surface area contributed by atoms with E-state index in [1.165, 1.54) is 5.56 Å². The minimum Gasteiger partial charge on any atom is -0.495 e. The van der Waals surface area contributed by atoms with Gasteiger partial charge in [0.05, 0.1) is 19.3 Å². The van der Waals surface area contributed by atoms with E-state index in [-0.39, 0.29) is 5.91 Å². The first-order chi connectivity index (χ1) is 13.1. The van der Waals surface area contributed by atoms with E-state index in [2.05, 4.69) is 39.4 Å². The minimum atomic E-state index is -0.0479. The van der Waals surface area contributed by atoms with Gasteiger partial charge in [-0.25, -0.2) is 0 Å². The van der Waals surface area contributed by atoms with Crippen molar-refractivity contribution in [3.05, 3.63) is 59.1 Å². The second kappa shape index (κ2) is 9.74. The third-order valence-electron chi connectivity index (χ3n) is 4.83. The van der Waals surface area contributed by atoms with E-state index in [1.54, 1.807) is 25.3 Å². The molecule has 3 rings (SSSR count). The van der Waals surface area contributed by atoms with Crippen molar-refractivity contribution in [1.82, 2.24) is 9.80 Å². The average Bonchev–Trinajstić information content (AvgIpc) is 2.68. The van der Waals surface area contributed by atoms with Crippen LogP contribution in [0.4, 0.5) is 5.69 Å². The SMILES string of the molecule is COc1ccc(Cl)cc1NC(=O)CN1CCN(CCc2ccccc2)CC1. The molecule has 1 N–H and O–H groups in total. The fraction of sp³-hybridized carbons (Fsp3) is 0.381. The Balaban J connectivity index is 1.42. The molecule has 1 amide bonds. The van der Waals surface area contributed by atoms with Gasteiger partial charge in [0.15, 0.2) is 0 Å². The van der Waals surface area contributed by atoms with Crippen molar-refractivity contribution in [2.24, 2.45) is 0 Å². The van der Waals surface area contributed by atoms with Gasteiger partial charge < -0.3 is 15.0 Å². The van der Waals surface area contributed by atoms with Gasteiger partial charge in [0, 0.05) is 37.7 Å². The molecule has 1 saturated heterocycles. The molecule has 0 aromatic heterocycles. The largest absolute Gasteiger partial charge is 0.495 e. The Labute approximate surface area is 165 Å². The standard InChI is InChI=1S/C21H26ClN3O2/c1-27-20-8-7-18(22)15-19(20)23-21(26)16-25-13-11-24(12-14-25)10-9-17-5-3-2-4-6-17/h2-8,15H,9-14,16H2,1H3,(H,23,26). The molecule has 6 heteroatoms. The molecule has 2 aromatic rings. The summed E-state index contributed by atoms with van der Waals surface area (Å²) in [6.07, 6.45) is 1.07. The van der Waals surface area contributed by atoms with Crippen LogP contribution in [0, 0.1) is 0 Å². The molecule has 27 heavy (non-hydrogen) atoms. The highest BCUT2D eigenvalue weighted by Crippen LogP contribution is 2.27. The maximum atomic E-state index is 12.4. The number of benzene rings is 2. The number of amides is 1.